The molecule has 19 heavy (non-hydrogen) atoms. The Hall–Kier alpha value is -2.03. The van der Waals surface area contributed by atoms with Crippen LogP contribution < -0.4 is 11.1 Å². The van der Waals surface area contributed by atoms with Crippen LogP contribution in [0.5, 0.6) is 0 Å². The van der Waals surface area contributed by atoms with Crippen molar-refractivity contribution in [3.05, 3.63) is 58.4 Å². The predicted molar refractivity (Wildman–Crippen MR) is 78.8 cm³/mol. The zero-order chi connectivity index (χ0) is 14.0. The van der Waals surface area contributed by atoms with Crippen LogP contribution in [0.25, 0.3) is 0 Å². The summed E-state index contributed by atoms with van der Waals surface area (Å²) < 4.78 is 13.5. The fourth-order valence-electron chi connectivity index (χ4n) is 2.13. The maximum absolute atomic E-state index is 13.5. The maximum Gasteiger partial charge on any atom is 0.129 e. The van der Waals surface area contributed by atoms with Crippen molar-refractivity contribution in [2.24, 2.45) is 0 Å². The quantitative estimate of drug-likeness (QED) is 0.818. The molecule has 100 valence electrons. The van der Waals surface area contributed by atoms with Crippen molar-refractivity contribution in [1.82, 2.24) is 0 Å². The molecule has 0 unspecified atom stereocenters. The molecule has 2 rings (SSSR count). The molecular weight excluding hydrogens is 239 g/mol. The van der Waals surface area contributed by atoms with Gasteiger partial charge in [-0.2, -0.15) is 0 Å². The lowest BCUT2D eigenvalue weighted by Gasteiger charge is -2.10. The molecule has 0 radical (unpaired) electrons. The van der Waals surface area contributed by atoms with Crippen molar-refractivity contribution in [1.29, 1.82) is 0 Å². The SMILES string of the molecule is Cc1cc(NCc2cc(C)c(F)c(C)c2)ccc1N. The van der Waals surface area contributed by atoms with Crippen LogP contribution in [0.3, 0.4) is 0 Å². The minimum Gasteiger partial charge on any atom is -0.399 e. The van der Waals surface area contributed by atoms with E-state index >= 15 is 0 Å². The lowest BCUT2D eigenvalue weighted by Crippen LogP contribution is -2.02. The minimum atomic E-state index is -0.118. The third-order valence-corrected chi connectivity index (χ3v) is 3.26. The monoisotopic (exact) mass is 258 g/mol. The normalized spacial score (nSPS) is 10.5. The first-order chi connectivity index (χ1) is 8.97. The summed E-state index contributed by atoms with van der Waals surface area (Å²) >= 11 is 0. The number of hydrogen-bond donors (Lipinski definition) is 2. The highest BCUT2D eigenvalue weighted by atomic mass is 19.1. The summed E-state index contributed by atoms with van der Waals surface area (Å²) in [6.45, 7) is 6.23. The van der Waals surface area contributed by atoms with Crippen LogP contribution in [0, 0.1) is 26.6 Å². The van der Waals surface area contributed by atoms with Crippen LogP contribution in [-0.2, 0) is 6.54 Å². The van der Waals surface area contributed by atoms with E-state index < -0.39 is 0 Å². The van der Waals surface area contributed by atoms with E-state index in [0.29, 0.717) is 17.7 Å². The van der Waals surface area contributed by atoms with Gasteiger partial charge >= 0.3 is 0 Å². The molecular formula is C16H19FN2. The molecule has 2 aromatic rings. The van der Waals surface area contributed by atoms with E-state index in [1.165, 1.54) is 0 Å². The molecule has 0 spiro atoms. The number of nitrogen functional groups attached to an aromatic ring is 1. The van der Waals surface area contributed by atoms with Crippen LogP contribution in [0.2, 0.25) is 0 Å². The minimum absolute atomic E-state index is 0.118. The van der Waals surface area contributed by atoms with Gasteiger partial charge < -0.3 is 11.1 Å². The standard InChI is InChI=1S/C16H19FN2/c1-10-8-14(4-5-15(10)18)19-9-13-6-11(2)16(17)12(3)7-13/h4-8,19H,9,18H2,1-3H3. The summed E-state index contributed by atoms with van der Waals surface area (Å²) in [4.78, 5) is 0. The number of benzene rings is 2. The Morgan fingerprint density at radius 1 is 1.00 bits per heavy atom. The molecule has 0 atom stereocenters. The largest absolute Gasteiger partial charge is 0.399 e. The molecule has 0 aliphatic carbocycles. The molecule has 0 bridgehead atoms. The second kappa shape index (κ2) is 5.31. The van der Waals surface area contributed by atoms with E-state index in [-0.39, 0.29) is 5.82 Å². The number of hydrogen-bond acceptors (Lipinski definition) is 2. The molecule has 0 aliphatic heterocycles. The van der Waals surface area contributed by atoms with Gasteiger partial charge in [-0.1, -0.05) is 12.1 Å². The topological polar surface area (TPSA) is 38.0 Å². The summed E-state index contributed by atoms with van der Waals surface area (Å²) in [7, 11) is 0. The Morgan fingerprint density at radius 3 is 2.21 bits per heavy atom. The lowest BCUT2D eigenvalue weighted by molar-refractivity contribution is 0.608. The van der Waals surface area contributed by atoms with Gasteiger partial charge in [0.1, 0.15) is 5.82 Å². The number of aryl methyl sites for hydroxylation is 3. The van der Waals surface area contributed by atoms with Gasteiger partial charge in [-0.3, -0.25) is 0 Å². The molecule has 2 nitrogen and oxygen atoms in total. The summed E-state index contributed by atoms with van der Waals surface area (Å²) in [5, 5.41) is 3.32. The van der Waals surface area contributed by atoms with Gasteiger partial charge in [0.2, 0.25) is 0 Å². The Morgan fingerprint density at radius 2 is 1.63 bits per heavy atom. The summed E-state index contributed by atoms with van der Waals surface area (Å²) in [5.74, 6) is -0.118. The smallest absolute Gasteiger partial charge is 0.129 e. The third kappa shape index (κ3) is 3.05. The second-order valence-electron chi connectivity index (χ2n) is 4.97. The lowest BCUT2D eigenvalue weighted by atomic mass is 10.1. The number of nitrogens with two attached hydrogens (primary N) is 1. The van der Waals surface area contributed by atoms with Crippen LogP contribution in [-0.4, -0.2) is 0 Å². The van der Waals surface area contributed by atoms with Crippen molar-refractivity contribution >= 4 is 11.4 Å². The van der Waals surface area contributed by atoms with Gasteiger partial charge in [-0.05, 0) is 61.2 Å². The van der Waals surface area contributed by atoms with Crippen molar-refractivity contribution in [2.45, 2.75) is 27.3 Å². The van der Waals surface area contributed by atoms with E-state index in [0.717, 1.165) is 22.5 Å². The Kier molecular flexibility index (Phi) is 3.74. The Balaban J connectivity index is 2.12. The van der Waals surface area contributed by atoms with E-state index in [2.05, 4.69) is 5.32 Å². The van der Waals surface area contributed by atoms with Crippen molar-refractivity contribution < 1.29 is 4.39 Å². The van der Waals surface area contributed by atoms with E-state index in [4.69, 9.17) is 5.73 Å². The summed E-state index contributed by atoms with van der Waals surface area (Å²) in [6, 6.07) is 9.60. The van der Waals surface area contributed by atoms with E-state index in [1.807, 2.05) is 37.3 Å². The number of rotatable bonds is 3. The molecule has 0 fully saturated rings. The summed E-state index contributed by atoms with van der Waals surface area (Å²) in [6.07, 6.45) is 0. The molecule has 0 amide bonds. The number of nitrogens with one attached hydrogen (secondary N) is 1. The molecule has 0 saturated carbocycles. The van der Waals surface area contributed by atoms with Gasteiger partial charge in [0.15, 0.2) is 0 Å². The zero-order valence-corrected chi connectivity index (χ0v) is 11.5. The number of halogens is 1. The average Bonchev–Trinajstić information content (AvgIpc) is 2.37. The average molecular weight is 258 g/mol. The van der Waals surface area contributed by atoms with Crippen molar-refractivity contribution in [3.8, 4) is 0 Å². The van der Waals surface area contributed by atoms with Crippen molar-refractivity contribution in [3.63, 3.8) is 0 Å². The van der Waals surface area contributed by atoms with Crippen molar-refractivity contribution in [2.75, 3.05) is 11.1 Å². The highest BCUT2D eigenvalue weighted by Gasteiger charge is 2.04. The Labute approximate surface area is 113 Å². The maximum atomic E-state index is 13.5. The molecule has 0 heterocycles. The molecule has 2 aromatic carbocycles. The highest BCUT2D eigenvalue weighted by molar-refractivity contribution is 5.56. The van der Waals surface area contributed by atoms with Crippen LogP contribution in [0.1, 0.15) is 22.3 Å². The first-order valence-corrected chi connectivity index (χ1v) is 6.33. The van der Waals surface area contributed by atoms with Crippen LogP contribution >= 0.6 is 0 Å². The molecule has 0 aliphatic rings. The highest BCUT2D eigenvalue weighted by Crippen LogP contribution is 2.19. The van der Waals surface area contributed by atoms with Gasteiger partial charge in [-0.15, -0.1) is 0 Å². The van der Waals surface area contributed by atoms with Crippen LogP contribution in [0.4, 0.5) is 15.8 Å². The van der Waals surface area contributed by atoms with E-state index in [9.17, 15) is 4.39 Å². The molecule has 3 N–H and O–H groups in total. The van der Waals surface area contributed by atoms with E-state index in [1.54, 1.807) is 13.8 Å². The van der Waals surface area contributed by atoms with Gasteiger partial charge in [-0.25, -0.2) is 4.39 Å². The first kappa shape index (κ1) is 13.4. The van der Waals surface area contributed by atoms with Crippen LogP contribution in [0.15, 0.2) is 30.3 Å². The fraction of sp³-hybridized carbons (Fsp3) is 0.250. The van der Waals surface area contributed by atoms with Gasteiger partial charge in [0.25, 0.3) is 0 Å². The molecule has 0 saturated heterocycles. The predicted octanol–water partition coefficient (Wildman–Crippen LogP) is 3.95. The Bertz CT molecular complexity index is 583. The zero-order valence-electron chi connectivity index (χ0n) is 11.5. The number of anilines is 2. The van der Waals surface area contributed by atoms with Gasteiger partial charge in [0.05, 0.1) is 0 Å². The molecule has 3 heteroatoms. The fourth-order valence-corrected chi connectivity index (χ4v) is 2.13. The summed E-state index contributed by atoms with van der Waals surface area (Å²) in [5.41, 5.74) is 11.1. The molecule has 0 aromatic heterocycles. The van der Waals surface area contributed by atoms with Gasteiger partial charge in [0, 0.05) is 17.9 Å². The first-order valence-electron chi connectivity index (χ1n) is 6.33. The second-order valence-corrected chi connectivity index (χ2v) is 4.97. The third-order valence-electron chi connectivity index (χ3n) is 3.26.